The SMILES string of the molecule is [C-]#[N+]c1cc(-c2ccc(C#N)c([Si](c3ccccc3)(c3ccccc3)c3ccccc3)c2)cc(-n2c3ccccc3c3ccccc32)c1. The number of hydrogen-bond donors (Lipinski definition) is 0. The van der Waals surface area contributed by atoms with Gasteiger partial charge in [-0.1, -0.05) is 140 Å². The fourth-order valence-corrected chi connectivity index (χ4v) is 12.2. The summed E-state index contributed by atoms with van der Waals surface area (Å²) in [7, 11) is -2.98. The third-order valence-corrected chi connectivity index (χ3v) is 14.2. The number of aromatic nitrogens is 1. The molecule has 0 aliphatic heterocycles. The molecule has 0 saturated carbocycles. The van der Waals surface area contributed by atoms with Gasteiger partial charge in [-0.25, -0.2) is 4.85 Å². The topological polar surface area (TPSA) is 33.1 Å². The lowest BCUT2D eigenvalue weighted by atomic mass is 10.0. The van der Waals surface area contributed by atoms with Crippen molar-refractivity contribution < 1.29 is 0 Å². The molecule has 0 aliphatic carbocycles. The average Bonchev–Trinajstić information content (AvgIpc) is 3.51. The Morgan fingerprint density at radius 2 is 1.02 bits per heavy atom. The third kappa shape index (κ3) is 4.64. The second-order valence-electron chi connectivity index (χ2n) is 11.9. The first kappa shape index (κ1) is 29.0. The highest BCUT2D eigenvalue weighted by molar-refractivity contribution is 7.20. The van der Waals surface area contributed by atoms with Crippen molar-refractivity contribution in [3.63, 3.8) is 0 Å². The van der Waals surface area contributed by atoms with Gasteiger partial charge in [0, 0.05) is 16.5 Å². The maximum absolute atomic E-state index is 10.7. The molecule has 1 heterocycles. The van der Waals surface area contributed by atoms with E-state index in [1.165, 1.54) is 26.3 Å². The molecular weight excluding hydrogens is 599 g/mol. The van der Waals surface area contributed by atoms with Crippen molar-refractivity contribution in [1.29, 1.82) is 5.26 Å². The fraction of sp³-hybridized carbons (Fsp3) is 0. The second-order valence-corrected chi connectivity index (χ2v) is 15.7. The molecule has 4 heteroatoms. The predicted octanol–water partition coefficient (Wildman–Crippen LogP) is 8.25. The van der Waals surface area contributed by atoms with E-state index in [0.29, 0.717) is 11.3 Å². The van der Waals surface area contributed by atoms with Crippen LogP contribution in [0.1, 0.15) is 5.56 Å². The summed E-state index contributed by atoms with van der Waals surface area (Å²) < 4.78 is 2.25. The Morgan fingerprint density at radius 1 is 0.521 bits per heavy atom. The summed E-state index contributed by atoms with van der Waals surface area (Å²) in [6.45, 7) is 8.07. The zero-order valence-corrected chi connectivity index (χ0v) is 27.1. The Kier molecular flexibility index (Phi) is 7.27. The zero-order valence-electron chi connectivity index (χ0n) is 26.1. The van der Waals surface area contributed by atoms with Gasteiger partial charge in [-0.15, -0.1) is 0 Å². The smallest absolute Gasteiger partial charge is 0.189 e. The summed E-state index contributed by atoms with van der Waals surface area (Å²) in [6.07, 6.45) is 0. The molecule has 0 fully saturated rings. The first-order chi connectivity index (χ1) is 23.7. The van der Waals surface area contributed by atoms with Crippen LogP contribution < -0.4 is 20.7 Å². The molecule has 8 aromatic rings. The Balaban J connectivity index is 1.43. The molecule has 0 saturated heterocycles. The Morgan fingerprint density at radius 3 is 1.52 bits per heavy atom. The number of benzene rings is 7. The van der Waals surface area contributed by atoms with E-state index in [-0.39, 0.29) is 0 Å². The number of hydrogen-bond acceptors (Lipinski definition) is 1. The summed E-state index contributed by atoms with van der Waals surface area (Å²) in [6, 6.07) is 63.7. The maximum Gasteiger partial charge on any atom is 0.189 e. The standard InChI is InChI=1S/C44H29N3Si/c1-46-35-27-34(28-36(30-35)47-42-23-13-11-21-40(42)41-22-12-14-24-43(41)47)32-25-26-33(31-45)44(29-32)48(37-15-5-2-6-16-37,38-17-7-3-8-18-38)39-19-9-4-10-20-39/h2-30H. The van der Waals surface area contributed by atoms with Gasteiger partial charge in [0.1, 0.15) is 0 Å². The van der Waals surface area contributed by atoms with E-state index in [9.17, 15) is 5.26 Å². The molecule has 8 rings (SSSR count). The monoisotopic (exact) mass is 627 g/mol. The molecule has 3 nitrogen and oxygen atoms in total. The van der Waals surface area contributed by atoms with Crippen LogP contribution in [0.25, 0.3) is 43.5 Å². The summed E-state index contributed by atoms with van der Waals surface area (Å²) >= 11 is 0. The van der Waals surface area contributed by atoms with Crippen LogP contribution >= 0.6 is 0 Å². The van der Waals surface area contributed by atoms with Crippen LogP contribution in [0.5, 0.6) is 0 Å². The van der Waals surface area contributed by atoms with E-state index in [1.807, 2.05) is 42.5 Å². The first-order valence-corrected chi connectivity index (χ1v) is 17.9. The van der Waals surface area contributed by atoms with Crippen LogP contribution in [0, 0.1) is 17.9 Å². The zero-order chi connectivity index (χ0) is 32.5. The molecule has 0 spiro atoms. The Bertz CT molecular complexity index is 2370. The highest BCUT2D eigenvalue weighted by Crippen LogP contribution is 2.35. The summed E-state index contributed by atoms with van der Waals surface area (Å²) in [4.78, 5) is 3.93. The molecule has 7 aromatic carbocycles. The molecule has 224 valence electrons. The van der Waals surface area contributed by atoms with E-state index in [1.54, 1.807) is 0 Å². The molecule has 0 atom stereocenters. The lowest BCUT2D eigenvalue weighted by Gasteiger charge is -2.35. The second kappa shape index (κ2) is 12.0. The molecule has 1 aromatic heterocycles. The van der Waals surface area contributed by atoms with E-state index in [2.05, 4.69) is 149 Å². The summed E-state index contributed by atoms with van der Waals surface area (Å²) in [5, 5.41) is 17.7. The molecule has 0 amide bonds. The van der Waals surface area contributed by atoms with Gasteiger partial charge >= 0.3 is 0 Å². The van der Waals surface area contributed by atoms with Gasteiger partial charge in [-0.05, 0) is 68.3 Å². The van der Waals surface area contributed by atoms with Crippen molar-refractivity contribution in [3.8, 4) is 22.9 Å². The van der Waals surface area contributed by atoms with Gasteiger partial charge in [-0.3, -0.25) is 0 Å². The minimum Gasteiger partial charge on any atom is -0.310 e. The highest BCUT2D eigenvalue weighted by Gasteiger charge is 2.43. The number of fused-ring (bicyclic) bond motifs is 3. The van der Waals surface area contributed by atoms with Crippen LogP contribution in [0.3, 0.4) is 0 Å². The van der Waals surface area contributed by atoms with E-state index < -0.39 is 8.07 Å². The molecular formula is C44H29N3Si. The number of para-hydroxylation sites is 2. The number of nitrogens with zero attached hydrogens (tertiary/aromatic N) is 3. The highest BCUT2D eigenvalue weighted by atomic mass is 28.3. The quantitative estimate of drug-likeness (QED) is 0.104. The van der Waals surface area contributed by atoms with E-state index in [0.717, 1.165) is 33.0 Å². The third-order valence-electron chi connectivity index (χ3n) is 9.37. The molecule has 0 radical (unpaired) electrons. The van der Waals surface area contributed by atoms with Crippen molar-refractivity contribution in [2.45, 2.75) is 0 Å². The van der Waals surface area contributed by atoms with Crippen molar-refractivity contribution in [2.24, 2.45) is 0 Å². The molecule has 0 bridgehead atoms. The molecule has 0 N–H and O–H groups in total. The van der Waals surface area contributed by atoms with E-state index in [4.69, 9.17) is 6.57 Å². The summed E-state index contributed by atoms with van der Waals surface area (Å²) in [5.41, 5.74) is 6.24. The van der Waals surface area contributed by atoms with Crippen LogP contribution in [-0.4, -0.2) is 12.6 Å². The number of nitriles is 1. The fourth-order valence-electron chi connectivity index (χ4n) is 7.32. The van der Waals surface area contributed by atoms with Crippen molar-refractivity contribution in [1.82, 2.24) is 4.57 Å². The van der Waals surface area contributed by atoms with Crippen molar-refractivity contribution >= 4 is 56.3 Å². The van der Waals surface area contributed by atoms with Crippen molar-refractivity contribution in [3.05, 3.63) is 193 Å². The molecule has 0 unspecified atom stereocenters. The van der Waals surface area contributed by atoms with Crippen LogP contribution in [0.15, 0.2) is 176 Å². The van der Waals surface area contributed by atoms with Crippen LogP contribution in [-0.2, 0) is 0 Å². The minimum absolute atomic E-state index is 0.563. The van der Waals surface area contributed by atoms with Crippen LogP contribution in [0.2, 0.25) is 0 Å². The normalized spacial score (nSPS) is 11.3. The largest absolute Gasteiger partial charge is 0.310 e. The van der Waals surface area contributed by atoms with Gasteiger partial charge in [-0.2, -0.15) is 5.26 Å². The average molecular weight is 628 g/mol. The van der Waals surface area contributed by atoms with Gasteiger partial charge < -0.3 is 4.57 Å². The summed E-state index contributed by atoms with van der Waals surface area (Å²) in [5.74, 6) is 0. The van der Waals surface area contributed by atoms with Crippen molar-refractivity contribution in [2.75, 3.05) is 0 Å². The lowest BCUT2D eigenvalue weighted by molar-refractivity contribution is 1.18. The Hall–Kier alpha value is -6.46. The van der Waals surface area contributed by atoms with Gasteiger partial charge in [0.2, 0.25) is 0 Å². The predicted molar refractivity (Wildman–Crippen MR) is 201 cm³/mol. The molecule has 48 heavy (non-hydrogen) atoms. The number of rotatable bonds is 6. The van der Waals surface area contributed by atoms with Gasteiger partial charge in [0.15, 0.2) is 13.8 Å². The van der Waals surface area contributed by atoms with Gasteiger partial charge in [0.05, 0.1) is 29.2 Å². The van der Waals surface area contributed by atoms with Gasteiger partial charge in [0.25, 0.3) is 0 Å². The van der Waals surface area contributed by atoms with Crippen LogP contribution in [0.4, 0.5) is 5.69 Å². The Labute approximate surface area is 281 Å². The minimum atomic E-state index is -2.98. The van der Waals surface area contributed by atoms with E-state index >= 15 is 0 Å². The maximum atomic E-state index is 10.7. The lowest BCUT2D eigenvalue weighted by Crippen LogP contribution is -2.75. The molecule has 0 aliphatic rings. The first-order valence-electron chi connectivity index (χ1n) is 15.9.